The molecule has 16 heavy (non-hydrogen) atoms. The third-order valence-corrected chi connectivity index (χ3v) is 3.64. The maximum absolute atomic E-state index is 11.1. The second-order valence-corrected chi connectivity index (χ2v) is 5.09. The standard InChI is InChI=1S/C12H17ClN2O/c1-8(2)15-12(13)10(7-16)11(14-15)9-5-3-4-6-9/h7-9H,3-6H2,1-2H3. The average molecular weight is 241 g/mol. The lowest BCUT2D eigenvalue weighted by molar-refractivity contribution is 0.112. The van der Waals surface area contributed by atoms with Gasteiger partial charge in [-0.15, -0.1) is 0 Å². The molecule has 2 rings (SSSR count). The first-order chi connectivity index (χ1) is 7.65. The molecule has 1 saturated carbocycles. The molecule has 0 amide bonds. The Balaban J connectivity index is 2.43. The highest BCUT2D eigenvalue weighted by Crippen LogP contribution is 2.37. The Morgan fingerprint density at radius 1 is 1.44 bits per heavy atom. The van der Waals surface area contributed by atoms with Crippen LogP contribution in [-0.4, -0.2) is 16.1 Å². The molecule has 1 aromatic rings. The van der Waals surface area contributed by atoms with Crippen LogP contribution in [0.5, 0.6) is 0 Å². The Labute approximate surface area is 101 Å². The molecule has 0 aliphatic heterocycles. The van der Waals surface area contributed by atoms with Crippen molar-refractivity contribution in [3.63, 3.8) is 0 Å². The SMILES string of the molecule is CC(C)n1nc(C2CCCC2)c(C=O)c1Cl. The van der Waals surface area contributed by atoms with E-state index in [1.807, 2.05) is 13.8 Å². The van der Waals surface area contributed by atoms with Gasteiger partial charge in [0, 0.05) is 12.0 Å². The van der Waals surface area contributed by atoms with Crippen molar-refractivity contribution in [3.8, 4) is 0 Å². The summed E-state index contributed by atoms with van der Waals surface area (Å²) in [5, 5.41) is 5.01. The van der Waals surface area contributed by atoms with Gasteiger partial charge in [0.15, 0.2) is 6.29 Å². The van der Waals surface area contributed by atoms with Gasteiger partial charge in [0.05, 0.1) is 11.3 Å². The number of carbonyl (C=O) groups excluding carboxylic acids is 1. The second kappa shape index (κ2) is 4.58. The van der Waals surface area contributed by atoms with E-state index in [1.165, 1.54) is 12.8 Å². The Hall–Kier alpha value is -0.830. The van der Waals surface area contributed by atoms with E-state index in [2.05, 4.69) is 5.10 Å². The maximum atomic E-state index is 11.1. The molecule has 88 valence electrons. The Morgan fingerprint density at radius 2 is 2.06 bits per heavy atom. The number of aldehydes is 1. The van der Waals surface area contributed by atoms with Crippen molar-refractivity contribution in [2.24, 2.45) is 0 Å². The van der Waals surface area contributed by atoms with Gasteiger partial charge in [-0.05, 0) is 26.7 Å². The van der Waals surface area contributed by atoms with Gasteiger partial charge in [0.2, 0.25) is 0 Å². The largest absolute Gasteiger partial charge is 0.298 e. The van der Waals surface area contributed by atoms with Gasteiger partial charge in [0.25, 0.3) is 0 Å². The van der Waals surface area contributed by atoms with E-state index in [-0.39, 0.29) is 6.04 Å². The normalized spacial score (nSPS) is 17.2. The smallest absolute Gasteiger partial charge is 0.155 e. The third kappa shape index (κ3) is 1.88. The van der Waals surface area contributed by atoms with Crippen LogP contribution in [0.2, 0.25) is 5.15 Å². The molecule has 0 spiro atoms. The highest BCUT2D eigenvalue weighted by Gasteiger charge is 2.26. The topological polar surface area (TPSA) is 34.9 Å². The van der Waals surface area contributed by atoms with Crippen LogP contribution in [-0.2, 0) is 0 Å². The molecule has 0 aromatic carbocycles. The summed E-state index contributed by atoms with van der Waals surface area (Å²) >= 11 is 6.17. The molecular formula is C12H17ClN2O. The summed E-state index contributed by atoms with van der Waals surface area (Å²) in [7, 11) is 0. The van der Waals surface area contributed by atoms with Crippen LogP contribution in [0.15, 0.2) is 0 Å². The van der Waals surface area contributed by atoms with E-state index in [9.17, 15) is 4.79 Å². The Morgan fingerprint density at radius 3 is 2.56 bits per heavy atom. The van der Waals surface area contributed by atoms with E-state index >= 15 is 0 Å². The van der Waals surface area contributed by atoms with Crippen molar-refractivity contribution < 1.29 is 4.79 Å². The number of hydrogen-bond donors (Lipinski definition) is 0. The van der Waals surface area contributed by atoms with Crippen molar-refractivity contribution >= 4 is 17.9 Å². The highest BCUT2D eigenvalue weighted by atomic mass is 35.5. The zero-order chi connectivity index (χ0) is 11.7. The van der Waals surface area contributed by atoms with E-state index in [0.717, 1.165) is 24.8 Å². The summed E-state index contributed by atoms with van der Waals surface area (Å²) in [5.41, 5.74) is 1.51. The second-order valence-electron chi connectivity index (χ2n) is 4.73. The fraction of sp³-hybridized carbons (Fsp3) is 0.667. The monoisotopic (exact) mass is 240 g/mol. The lowest BCUT2D eigenvalue weighted by atomic mass is 10.0. The van der Waals surface area contributed by atoms with Gasteiger partial charge < -0.3 is 0 Å². The van der Waals surface area contributed by atoms with Gasteiger partial charge in [-0.2, -0.15) is 5.10 Å². The lowest BCUT2D eigenvalue weighted by Gasteiger charge is -2.07. The number of nitrogens with zero attached hydrogens (tertiary/aromatic N) is 2. The molecule has 0 N–H and O–H groups in total. The van der Waals surface area contributed by atoms with Gasteiger partial charge >= 0.3 is 0 Å². The number of halogens is 1. The minimum atomic E-state index is 0.196. The number of hydrogen-bond acceptors (Lipinski definition) is 2. The molecule has 1 fully saturated rings. The van der Waals surface area contributed by atoms with Crippen LogP contribution in [0, 0.1) is 0 Å². The summed E-state index contributed by atoms with van der Waals surface area (Å²) in [4.78, 5) is 11.1. The zero-order valence-electron chi connectivity index (χ0n) is 9.74. The van der Waals surface area contributed by atoms with Crippen LogP contribution in [0.25, 0.3) is 0 Å². The summed E-state index contributed by atoms with van der Waals surface area (Å²) in [6.45, 7) is 4.04. The first-order valence-electron chi connectivity index (χ1n) is 5.88. The molecule has 0 atom stereocenters. The molecule has 1 aromatic heterocycles. The van der Waals surface area contributed by atoms with Gasteiger partial charge in [-0.25, -0.2) is 0 Å². The molecule has 1 aliphatic rings. The van der Waals surface area contributed by atoms with Crippen LogP contribution >= 0.6 is 11.6 Å². The zero-order valence-corrected chi connectivity index (χ0v) is 10.5. The first kappa shape index (κ1) is 11.6. The fourth-order valence-corrected chi connectivity index (χ4v) is 2.77. The predicted molar refractivity (Wildman–Crippen MR) is 64.2 cm³/mol. The number of rotatable bonds is 3. The van der Waals surface area contributed by atoms with Crippen LogP contribution in [0.3, 0.4) is 0 Å². The van der Waals surface area contributed by atoms with E-state index in [1.54, 1.807) is 4.68 Å². The Bertz CT molecular complexity index is 392. The molecule has 1 aliphatic carbocycles. The number of carbonyl (C=O) groups is 1. The summed E-state index contributed by atoms with van der Waals surface area (Å²) in [6.07, 6.45) is 5.57. The molecule has 0 radical (unpaired) electrons. The summed E-state index contributed by atoms with van der Waals surface area (Å²) < 4.78 is 1.75. The lowest BCUT2D eigenvalue weighted by Crippen LogP contribution is -2.04. The van der Waals surface area contributed by atoms with Gasteiger partial charge in [0.1, 0.15) is 5.15 Å². The van der Waals surface area contributed by atoms with Crippen LogP contribution in [0.4, 0.5) is 0 Å². The van der Waals surface area contributed by atoms with Crippen molar-refractivity contribution in [1.29, 1.82) is 0 Å². The van der Waals surface area contributed by atoms with Crippen molar-refractivity contribution in [2.45, 2.75) is 51.5 Å². The quantitative estimate of drug-likeness (QED) is 0.757. The van der Waals surface area contributed by atoms with Crippen molar-refractivity contribution in [1.82, 2.24) is 9.78 Å². The molecular weight excluding hydrogens is 224 g/mol. The van der Waals surface area contributed by atoms with Gasteiger partial charge in [-0.3, -0.25) is 9.48 Å². The third-order valence-electron chi connectivity index (χ3n) is 3.26. The molecule has 0 bridgehead atoms. The van der Waals surface area contributed by atoms with E-state index in [4.69, 9.17) is 11.6 Å². The first-order valence-corrected chi connectivity index (χ1v) is 6.26. The molecule has 1 heterocycles. The van der Waals surface area contributed by atoms with Crippen LogP contribution < -0.4 is 0 Å². The minimum Gasteiger partial charge on any atom is -0.298 e. The fourth-order valence-electron chi connectivity index (χ4n) is 2.39. The molecule has 3 nitrogen and oxygen atoms in total. The highest BCUT2D eigenvalue weighted by molar-refractivity contribution is 6.32. The average Bonchev–Trinajstić information content (AvgIpc) is 2.83. The van der Waals surface area contributed by atoms with E-state index in [0.29, 0.717) is 16.6 Å². The molecule has 0 saturated heterocycles. The van der Waals surface area contributed by atoms with Crippen LogP contribution in [0.1, 0.15) is 67.5 Å². The minimum absolute atomic E-state index is 0.196. The summed E-state index contributed by atoms with van der Waals surface area (Å²) in [5.74, 6) is 0.428. The molecule has 4 heteroatoms. The van der Waals surface area contributed by atoms with Crippen molar-refractivity contribution in [3.05, 3.63) is 16.4 Å². The Kier molecular flexibility index (Phi) is 3.33. The molecule has 0 unspecified atom stereocenters. The van der Waals surface area contributed by atoms with E-state index < -0.39 is 0 Å². The number of aromatic nitrogens is 2. The predicted octanol–water partition coefficient (Wildman–Crippen LogP) is 3.59. The maximum Gasteiger partial charge on any atom is 0.155 e. The van der Waals surface area contributed by atoms with Crippen molar-refractivity contribution in [2.75, 3.05) is 0 Å². The summed E-state index contributed by atoms with van der Waals surface area (Å²) in [6, 6.07) is 0.196. The van der Waals surface area contributed by atoms with Gasteiger partial charge in [-0.1, -0.05) is 24.4 Å².